The topological polar surface area (TPSA) is 52.6 Å². The zero-order valence-electron chi connectivity index (χ0n) is 11.3. The molecule has 0 aliphatic rings. The fraction of sp³-hybridized carbons (Fsp3) is 0.538. The van der Waals surface area contributed by atoms with Crippen LogP contribution in [0.5, 0.6) is 5.75 Å². The zero-order chi connectivity index (χ0) is 13.8. The molecular formula is C13H20O4S. The van der Waals surface area contributed by atoms with E-state index < -0.39 is 10.4 Å². The van der Waals surface area contributed by atoms with Crippen molar-refractivity contribution in [3.05, 3.63) is 29.8 Å². The standard InChI is InChI=1S/C13H20O4S/c1-5-11-6-8-12(9-7-11)17-18(14,15)16-10-13(2,3)4/h6-9H,5,10H2,1-4H3. The minimum absolute atomic E-state index is 0.0857. The maximum Gasteiger partial charge on any atom is 0.449 e. The molecular weight excluding hydrogens is 252 g/mol. The Kier molecular flexibility index (Phi) is 4.76. The van der Waals surface area contributed by atoms with E-state index in [0.717, 1.165) is 12.0 Å². The highest BCUT2D eigenvalue weighted by Crippen LogP contribution is 2.18. The van der Waals surface area contributed by atoms with E-state index in [2.05, 4.69) is 0 Å². The number of rotatable bonds is 5. The van der Waals surface area contributed by atoms with Crippen LogP contribution in [0.3, 0.4) is 0 Å². The summed E-state index contributed by atoms with van der Waals surface area (Å²) in [5.41, 5.74) is 0.887. The Hall–Kier alpha value is -1.07. The average Bonchev–Trinajstić information content (AvgIpc) is 2.26. The maximum absolute atomic E-state index is 11.6. The molecule has 0 radical (unpaired) electrons. The van der Waals surface area contributed by atoms with Crippen LogP contribution in [0.4, 0.5) is 0 Å². The van der Waals surface area contributed by atoms with Crippen LogP contribution in [0.2, 0.25) is 0 Å². The second-order valence-corrected chi connectivity index (χ2v) is 6.53. The van der Waals surface area contributed by atoms with Crippen molar-refractivity contribution in [2.75, 3.05) is 6.61 Å². The Labute approximate surface area is 109 Å². The highest BCUT2D eigenvalue weighted by molar-refractivity contribution is 7.82. The summed E-state index contributed by atoms with van der Waals surface area (Å²) in [4.78, 5) is 0. The summed E-state index contributed by atoms with van der Waals surface area (Å²) in [6.45, 7) is 7.77. The van der Waals surface area contributed by atoms with E-state index in [4.69, 9.17) is 8.37 Å². The number of benzene rings is 1. The first-order valence-electron chi connectivity index (χ1n) is 5.90. The molecule has 0 saturated heterocycles. The van der Waals surface area contributed by atoms with Crippen molar-refractivity contribution in [3.63, 3.8) is 0 Å². The van der Waals surface area contributed by atoms with E-state index in [1.54, 1.807) is 12.1 Å². The highest BCUT2D eigenvalue weighted by Gasteiger charge is 2.19. The quantitative estimate of drug-likeness (QED) is 0.827. The maximum atomic E-state index is 11.6. The highest BCUT2D eigenvalue weighted by atomic mass is 32.3. The third-order valence-corrected chi connectivity index (χ3v) is 2.97. The third-order valence-electron chi connectivity index (χ3n) is 2.17. The molecule has 18 heavy (non-hydrogen) atoms. The average molecular weight is 272 g/mol. The largest absolute Gasteiger partial charge is 0.449 e. The van der Waals surface area contributed by atoms with Crippen molar-refractivity contribution in [2.24, 2.45) is 5.41 Å². The minimum Gasteiger partial charge on any atom is -0.362 e. The number of aryl methyl sites for hydroxylation is 1. The Morgan fingerprint density at radius 3 is 2.11 bits per heavy atom. The van der Waals surface area contributed by atoms with E-state index in [-0.39, 0.29) is 17.8 Å². The van der Waals surface area contributed by atoms with E-state index in [0.29, 0.717) is 0 Å². The Balaban J connectivity index is 2.64. The van der Waals surface area contributed by atoms with Gasteiger partial charge in [-0.1, -0.05) is 39.8 Å². The summed E-state index contributed by atoms with van der Waals surface area (Å²) in [6.07, 6.45) is 0.896. The summed E-state index contributed by atoms with van der Waals surface area (Å²) in [6, 6.07) is 6.90. The van der Waals surface area contributed by atoms with Crippen molar-refractivity contribution < 1.29 is 16.8 Å². The Morgan fingerprint density at radius 1 is 1.11 bits per heavy atom. The first-order valence-corrected chi connectivity index (χ1v) is 7.23. The van der Waals surface area contributed by atoms with Gasteiger partial charge in [-0.15, -0.1) is 0 Å². The zero-order valence-corrected chi connectivity index (χ0v) is 12.1. The molecule has 102 valence electrons. The fourth-order valence-corrected chi connectivity index (χ4v) is 2.06. The molecule has 0 atom stereocenters. The molecule has 0 aliphatic carbocycles. The molecule has 0 aromatic heterocycles. The molecule has 0 N–H and O–H groups in total. The van der Waals surface area contributed by atoms with E-state index >= 15 is 0 Å². The number of hydrogen-bond donors (Lipinski definition) is 0. The third kappa shape index (κ3) is 5.51. The molecule has 1 aromatic carbocycles. The van der Waals surface area contributed by atoms with Gasteiger partial charge in [-0.2, -0.15) is 8.42 Å². The van der Waals surface area contributed by atoms with Crippen molar-refractivity contribution in [3.8, 4) is 5.75 Å². The molecule has 1 aromatic rings. The van der Waals surface area contributed by atoms with Gasteiger partial charge in [0.1, 0.15) is 5.75 Å². The van der Waals surface area contributed by atoms with Crippen LogP contribution < -0.4 is 4.18 Å². The van der Waals surface area contributed by atoms with Gasteiger partial charge in [-0.05, 0) is 29.5 Å². The first-order chi connectivity index (χ1) is 8.22. The minimum atomic E-state index is -3.99. The van der Waals surface area contributed by atoms with Crippen LogP contribution in [-0.2, 0) is 21.0 Å². The van der Waals surface area contributed by atoms with Crippen molar-refractivity contribution >= 4 is 10.4 Å². The lowest BCUT2D eigenvalue weighted by atomic mass is 9.99. The fourth-order valence-electron chi connectivity index (χ4n) is 1.17. The first kappa shape index (κ1) is 15.0. The SMILES string of the molecule is CCc1ccc(OS(=O)(=O)OCC(C)(C)C)cc1. The monoisotopic (exact) mass is 272 g/mol. The van der Waals surface area contributed by atoms with Crippen LogP contribution in [0.1, 0.15) is 33.3 Å². The van der Waals surface area contributed by atoms with Crippen molar-refractivity contribution in [1.82, 2.24) is 0 Å². The van der Waals surface area contributed by atoms with Crippen LogP contribution in [0.25, 0.3) is 0 Å². The van der Waals surface area contributed by atoms with Gasteiger partial charge in [0, 0.05) is 0 Å². The molecule has 1 rings (SSSR count). The second-order valence-electron chi connectivity index (χ2n) is 5.31. The van der Waals surface area contributed by atoms with Gasteiger partial charge in [-0.3, -0.25) is 0 Å². The molecule has 0 aliphatic heterocycles. The summed E-state index contributed by atoms with van der Waals surface area (Å²) >= 11 is 0. The summed E-state index contributed by atoms with van der Waals surface area (Å²) in [5.74, 6) is 0.265. The van der Waals surface area contributed by atoms with E-state index in [1.165, 1.54) is 0 Å². The molecule has 0 spiro atoms. The van der Waals surface area contributed by atoms with Gasteiger partial charge in [0.25, 0.3) is 0 Å². The predicted octanol–water partition coefficient (Wildman–Crippen LogP) is 2.94. The predicted molar refractivity (Wildman–Crippen MR) is 70.8 cm³/mol. The molecule has 4 nitrogen and oxygen atoms in total. The van der Waals surface area contributed by atoms with Crippen molar-refractivity contribution in [2.45, 2.75) is 34.1 Å². The molecule has 0 bridgehead atoms. The van der Waals surface area contributed by atoms with Crippen LogP contribution in [-0.4, -0.2) is 15.0 Å². The lowest BCUT2D eigenvalue weighted by Crippen LogP contribution is -2.21. The molecule has 0 amide bonds. The lowest BCUT2D eigenvalue weighted by Gasteiger charge is -2.17. The van der Waals surface area contributed by atoms with Crippen LogP contribution in [0.15, 0.2) is 24.3 Å². The Morgan fingerprint density at radius 2 is 1.67 bits per heavy atom. The summed E-state index contributed by atoms with van der Waals surface area (Å²) in [7, 11) is -3.99. The van der Waals surface area contributed by atoms with Crippen molar-refractivity contribution in [1.29, 1.82) is 0 Å². The molecule has 0 heterocycles. The van der Waals surface area contributed by atoms with Gasteiger partial charge in [0.15, 0.2) is 0 Å². The van der Waals surface area contributed by atoms with Crippen LogP contribution >= 0.6 is 0 Å². The second kappa shape index (κ2) is 5.71. The lowest BCUT2D eigenvalue weighted by molar-refractivity contribution is 0.184. The molecule has 0 saturated carbocycles. The van der Waals surface area contributed by atoms with E-state index in [9.17, 15) is 8.42 Å². The molecule has 5 heteroatoms. The smallest absolute Gasteiger partial charge is 0.362 e. The normalized spacial score (nSPS) is 12.4. The summed E-state index contributed by atoms with van der Waals surface area (Å²) < 4.78 is 32.8. The van der Waals surface area contributed by atoms with E-state index in [1.807, 2.05) is 39.8 Å². The van der Waals surface area contributed by atoms with Gasteiger partial charge < -0.3 is 4.18 Å². The van der Waals surface area contributed by atoms with Gasteiger partial charge in [-0.25, -0.2) is 4.18 Å². The summed E-state index contributed by atoms with van der Waals surface area (Å²) in [5, 5.41) is 0. The van der Waals surface area contributed by atoms with Gasteiger partial charge in [0.2, 0.25) is 0 Å². The van der Waals surface area contributed by atoms with Gasteiger partial charge in [0.05, 0.1) is 6.61 Å². The molecule has 0 unspecified atom stereocenters. The van der Waals surface area contributed by atoms with Gasteiger partial charge >= 0.3 is 10.4 Å². The van der Waals surface area contributed by atoms with Crippen LogP contribution in [0, 0.1) is 5.41 Å². The number of hydrogen-bond acceptors (Lipinski definition) is 4. The Bertz CT molecular complexity index is 469. The molecule has 0 fully saturated rings.